The summed E-state index contributed by atoms with van der Waals surface area (Å²) in [7, 11) is 0. The van der Waals surface area contributed by atoms with Crippen LogP contribution in [0.1, 0.15) is 20.3 Å². The maximum Gasteiger partial charge on any atom is 0.131 e. The van der Waals surface area contributed by atoms with E-state index in [1.54, 1.807) is 6.92 Å². The second-order valence-corrected chi connectivity index (χ2v) is 2.43. The highest BCUT2D eigenvalue weighted by Gasteiger charge is 2.08. The summed E-state index contributed by atoms with van der Waals surface area (Å²) >= 11 is 0. The summed E-state index contributed by atoms with van der Waals surface area (Å²) in [6.07, 6.45) is 0.387. The first-order chi connectivity index (χ1) is 4.04. The van der Waals surface area contributed by atoms with Crippen molar-refractivity contribution < 1.29 is 4.79 Å². The highest BCUT2D eigenvalue weighted by atomic mass is 16.1. The Morgan fingerprint density at radius 3 is 2.11 bits per heavy atom. The van der Waals surface area contributed by atoms with E-state index < -0.39 is 0 Å². The largest absolute Gasteiger partial charge is 0.327 e. The number of carbonyl (C=O) groups excluding carboxylic acids is 1. The molecular weight excluding hydrogens is 116 g/mol. The number of hydrogen-bond donors (Lipinski definition) is 2. The Morgan fingerprint density at radius 1 is 1.56 bits per heavy atom. The van der Waals surface area contributed by atoms with Gasteiger partial charge in [-0.1, -0.05) is 0 Å². The lowest BCUT2D eigenvalue weighted by Crippen LogP contribution is -2.40. The van der Waals surface area contributed by atoms with Crippen LogP contribution in [0.25, 0.3) is 0 Å². The van der Waals surface area contributed by atoms with Crippen molar-refractivity contribution in [3.05, 3.63) is 0 Å². The Morgan fingerprint density at radius 2 is 2.00 bits per heavy atom. The molecular formula is C6H14N2O. The normalized spacial score (nSPS) is 16.9. The first-order valence-electron chi connectivity index (χ1n) is 3.04. The molecule has 9 heavy (non-hydrogen) atoms. The Labute approximate surface area is 55.4 Å². The zero-order valence-electron chi connectivity index (χ0n) is 5.92. The molecule has 0 aliphatic carbocycles. The number of ketones is 1. The molecule has 0 aromatic rings. The van der Waals surface area contributed by atoms with E-state index >= 15 is 0 Å². The van der Waals surface area contributed by atoms with Crippen molar-refractivity contribution in [3.8, 4) is 0 Å². The van der Waals surface area contributed by atoms with E-state index in [4.69, 9.17) is 11.5 Å². The first kappa shape index (κ1) is 8.59. The molecule has 2 atom stereocenters. The first-order valence-corrected chi connectivity index (χ1v) is 3.04. The van der Waals surface area contributed by atoms with Crippen molar-refractivity contribution in [1.82, 2.24) is 0 Å². The zero-order valence-corrected chi connectivity index (χ0v) is 5.92. The van der Waals surface area contributed by atoms with Gasteiger partial charge in [-0.05, 0) is 13.8 Å². The van der Waals surface area contributed by atoms with Crippen LogP contribution in [-0.4, -0.2) is 17.9 Å². The highest BCUT2D eigenvalue weighted by Crippen LogP contribution is 1.92. The summed E-state index contributed by atoms with van der Waals surface area (Å²) in [6.45, 7) is 3.32. The van der Waals surface area contributed by atoms with Gasteiger partial charge in [0, 0.05) is 18.5 Å². The van der Waals surface area contributed by atoms with Gasteiger partial charge >= 0.3 is 0 Å². The molecule has 0 spiro atoms. The van der Waals surface area contributed by atoms with Crippen LogP contribution in [0.2, 0.25) is 0 Å². The lowest BCUT2D eigenvalue weighted by atomic mass is 10.1. The summed E-state index contributed by atoms with van der Waals surface area (Å²) in [5.74, 6) is 0.0970. The van der Waals surface area contributed by atoms with Crippen molar-refractivity contribution in [2.24, 2.45) is 11.5 Å². The van der Waals surface area contributed by atoms with E-state index in [9.17, 15) is 4.79 Å². The van der Waals surface area contributed by atoms with Crippen LogP contribution >= 0.6 is 0 Å². The predicted octanol–water partition coefficient (Wildman–Crippen LogP) is -0.360. The van der Waals surface area contributed by atoms with Crippen LogP contribution in [0, 0.1) is 0 Å². The monoisotopic (exact) mass is 130 g/mol. The predicted molar refractivity (Wildman–Crippen MR) is 36.9 cm³/mol. The molecule has 54 valence electrons. The van der Waals surface area contributed by atoms with Crippen LogP contribution in [0.15, 0.2) is 0 Å². The number of hydrogen-bond acceptors (Lipinski definition) is 3. The fraction of sp³-hybridized carbons (Fsp3) is 0.833. The van der Waals surface area contributed by atoms with Crippen LogP contribution in [-0.2, 0) is 4.79 Å². The maximum absolute atomic E-state index is 10.4. The third-order valence-electron chi connectivity index (χ3n) is 1.20. The van der Waals surface area contributed by atoms with Gasteiger partial charge in [-0.3, -0.25) is 4.79 Å². The van der Waals surface area contributed by atoms with Crippen molar-refractivity contribution in [3.63, 3.8) is 0 Å². The molecule has 0 aromatic carbocycles. The molecule has 0 aromatic heterocycles. The lowest BCUT2D eigenvalue weighted by Gasteiger charge is -2.12. The summed E-state index contributed by atoms with van der Waals surface area (Å²) in [5.41, 5.74) is 10.9. The van der Waals surface area contributed by atoms with Crippen molar-refractivity contribution in [2.45, 2.75) is 32.4 Å². The lowest BCUT2D eigenvalue weighted by molar-refractivity contribution is -0.117. The van der Waals surface area contributed by atoms with Crippen molar-refractivity contribution >= 4 is 5.78 Å². The second-order valence-electron chi connectivity index (χ2n) is 2.43. The maximum atomic E-state index is 10.4. The Hall–Kier alpha value is -0.410. The molecule has 2 unspecified atom stereocenters. The fourth-order valence-electron chi connectivity index (χ4n) is 0.518. The molecule has 0 heterocycles. The molecule has 0 radical (unpaired) electrons. The topological polar surface area (TPSA) is 69.1 Å². The van der Waals surface area contributed by atoms with Crippen LogP contribution in [0.4, 0.5) is 0 Å². The van der Waals surface area contributed by atoms with Crippen LogP contribution < -0.4 is 11.5 Å². The standard InChI is InChI=1S/C6H14N2O/c1-4(9)3-6(8)5(2)7/h5-6H,3,7-8H2,1-2H3. The molecule has 0 aliphatic heterocycles. The van der Waals surface area contributed by atoms with Gasteiger partial charge in [0.2, 0.25) is 0 Å². The molecule has 0 saturated carbocycles. The van der Waals surface area contributed by atoms with Crippen LogP contribution in [0.3, 0.4) is 0 Å². The average molecular weight is 130 g/mol. The van der Waals surface area contributed by atoms with Crippen molar-refractivity contribution in [2.75, 3.05) is 0 Å². The minimum atomic E-state index is -0.178. The number of carbonyl (C=O) groups is 1. The summed E-state index contributed by atoms with van der Waals surface area (Å²) < 4.78 is 0. The van der Waals surface area contributed by atoms with E-state index in [0.717, 1.165) is 0 Å². The Bertz CT molecular complexity index is 101. The average Bonchev–Trinajstić information content (AvgIpc) is 1.63. The molecule has 0 aliphatic rings. The second kappa shape index (κ2) is 3.58. The number of rotatable bonds is 3. The van der Waals surface area contributed by atoms with Gasteiger partial charge in [0.1, 0.15) is 5.78 Å². The molecule has 0 rings (SSSR count). The quantitative estimate of drug-likeness (QED) is 0.548. The number of nitrogens with two attached hydrogens (primary N) is 2. The third kappa shape index (κ3) is 4.12. The molecule has 4 N–H and O–H groups in total. The molecule has 0 saturated heterocycles. The van der Waals surface area contributed by atoms with Crippen molar-refractivity contribution in [1.29, 1.82) is 0 Å². The SMILES string of the molecule is CC(=O)CC(N)C(C)N. The van der Waals surface area contributed by atoms with Gasteiger partial charge in [0.05, 0.1) is 0 Å². The summed E-state index contributed by atoms with van der Waals surface area (Å²) in [4.78, 5) is 10.4. The van der Waals surface area contributed by atoms with Gasteiger partial charge in [-0.15, -0.1) is 0 Å². The summed E-state index contributed by atoms with van der Waals surface area (Å²) in [6, 6.07) is -0.267. The van der Waals surface area contributed by atoms with Gasteiger partial charge in [-0.25, -0.2) is 0 Å². The smallest absolute Gasteiger partial charge is 0.131 e. The van der Waals surface area contributed by atoms with E-state index in [1.165, 1.54) is 6.92 Å². The fourth-order valence-corrected chi connectivity index (χ4v) is 0.518. The van der Waals surface area contributed by atoms with Gasteiger partial charge < -0.3 is 11.5 Å². The molecule has 0 amide bonds. The van der Waals surface area contributed by atoms with Crippen LogP contribution in [0.5, 0.6) is 0 Å². The highest BCUT2D eigenvalue weighted by molar-refractivity contribution is 5.76. The minimum Gasteiger partial charge on any atom is -0.327 e. The van der Waals surface area contributed by atoms with E-state index in [2.05, 4.69) is 0 Å². The minimum absolute atomic E-state index is 0.0890. The Balaban J connectivity index is 3.50. The van der Waals surface area contributed by atoms with Gasteiger partial charge in [0.25, 0.3) is 0 Å². The molecule has 0 fully saturated rings. The van der Waals surface area contributed by atoms with E-state index in [1.807, 2.05) is 0 Å². The zero-order chi connectivity index (χ0) is 7.44. The Kier molecular flexibility index (Phi) is 3.42. The molecule has 3 heteroatoms. The molecule has 0 bridgehead atoms. The number of Topliss-reactive ketones (excluding diaryl/α,β-unsaturated/α-hetero) is 1. The van der Waals surface area contributed by atoms with Gasteiger partial charge in [-0.2, -0.15) is 0 Å². The molecule has 3 nitrogen and oxygen atoms in total. The third-order valence-corrected chi connectivity index (χ3v) is 1.20. The van der Waals surface area contributed by atoms with E-state index in [0.29, 0.717) is 6.42 Å². The summed E-state index contributed by atoms with van der Waals surface area (Å²) in [5, 5.41) is 0. The van der Waals surface area contributed by atoms with Gasteiger partial charge in [0.15, 0.2) is 0 Å². The van der Waals surface area contributed by atoms with E-state index in [-0.39, 0.29) is 17.9 Å².